The zero-order valence-electron chi connectivity index (χ0n) is 16.7. The zero-order valence-corrected chi connectivity index (χ0v) is 16.7. The maximum Gasteiger partial charge on any atom is 0.238 e. The summed E-state index contributed by atoms with van der Waals surface area (Å²) in [6.07, 6.45) is 12.2. The van der Waals surface area contributed by atoms with Crippen molar-refractivity contribution in [3.05, 3.63) is 66.5 Å². The van der Waals surface area contributed by atoms with E-state index in [0.29, 0.717) is 25.4 Å². The van der Waals surface area contributed by atoms with Crippen molar-refractivity contribution >= 4 is 5.91 Å². The predicted molar refractivity (Wildman–Crippen MR) is 112 cm³/mol. The van der Waals surface area contributed by atoms with Gasteiger partial charge in [-0.1, -0.05) is 0 Å². The first-order valence-corrected chi connectivity index (χ1v) is 10.4. The molecule has 5 rings (SSSR count). The second-order valence-corrected chi connectivity index (χ2v) is 7.88. The minimum atomic E-state index is -0.254. The number of carbonyl (C=O) groups is 1. The minimum absolute atomic E-state index is 0.00791. The highest BCUT2D eigenvalue weighted by molar-refractivity contribution is 5.82. The number of nitrogens with zero attached hydrogens (tertiary/aromatic N) is 4. The van der Waals surface area contributed by atoms with Gasteiger partial charge in [-0.2, -0.15) is 5.10 Å². The van der Waals surface area contributed by atoms with E-state index >= 15 is 0 Å². The summed E-state index contributed by atoms with van der Waals surface area (Å²) < 4.78 is 2.05. The Balaban J connectivity index is 1.19. The van der Waals surface area contributed by atoms with Crippen molar-refractivity contribution in [3.63, 3.8) is 0 Å². The van der Waals surface area contributed by atoms with Gasteiger partial charge in [-0.05, 0) is 54.7 Å². The molecule has 0 bridgehead atoms. The molecule has 154 valence electrons. The minimum Gasteiger partial charge on any atom is -0.353 e. The second-order valence-electron chi connectivity index (χ2n) is 7.88. The molecule has 1 aliphatic carbocycles. The van der Waals surface area contributed by atoms with Gasteiger partial charge in [0.2, 0.25) is 5.91 Å². The fourth-order valence-corrected chi connectivity index (χ4v) is 4.07. The number of carbonyl (C=O) groups excluding carboxylic acids is 1. The maximum atomic E-state index is 12.6. The topological polar surface area (TPSA) is 96.8 Å². The number of aromatic nitrogens is 4. The van der Waals surface area contributed by atoms with Gasteiger partial charge in [0, 0.05) is 54.5 Å². The molecule has 4 heterocycles. The molecule has 8 heteroatoms. The van der Waals surface area contributed by atoms with E-state index in [9.17, 15) is 4.79 Å². The van der Waals surface area contributed by atoms with Gasteiger partial charge in [-0.3, -0.25) is 19.4 Å². The Morgan fingerprint density at radius 3 is 2.53 bits per heavy atom. The molecule has 3 aromatic heterocycles. The van der Waals surface area contributed by atoms with Crippen molar-refractivity contribution in [1.82, 2.24) is 35.9 Å². The lowest BCUT2D eigenvalue weighted by Crippen LogP contribution is -2.44. The summed E-state index contributed by atoms with van der Waals surface area (Å²) in [6, 6.07) is 7.84. The third kappa shape index (κ3) is 3.96. The molecule has 2 aliphatic rings. The van der Waals surface area contributed by atoms with Crippen LogP contribution in [0.25, 0.3) is 11.1 Å². The summed E-state index contributed by atoms with van der Waals surface area (Å²) in [5.74, 6) is 0.571. The van der Waals surface area contributed by atoms with Crippen LogP contribution in [-0.4, -0.2) is 38.2 Å². The van der Waals surface area contributed by atoms with E-state index in [2.05, 4.69) is 31.2 Å². The average molecular weight is 403 g/mol. The Kier molecular flexibility index (Phi) is 5.25. The van der Waals surface area contributed by atoms with Crippen LogP contribution in [0, 0.1) is 0 Å². The van der Waals surface area contributed by atoms with Gasteiger partial charge < -0.3 is 5.32 Å². The number of hydrogen-bond acceptors (Lipinski definition) is 6. The molecule has 30 heavy (non-hydrogen) atoms. The van der Waals surface area contributed by atoms with Crippen molar-refractivity contribution in [1.29, 1.82) is 0 Å². The monoisotopic (exact) mass is 403 g/mol. The molecular weight excluding hydrogens is 378 g/mol. The molecule has 1 aliphatic heterocycles. The van der Waals surface area contributed by atoms with Gasteiger partial charge in [0.15, 0.2) is 0 Å². The molecule has 0 aromatic carbocycles. The van der Waals surface area contributed by atoms with Gasteiger partial charge in [0.1, 0.15) is 6.04 Å². The van der Waals surface area contributed by atoms with E-state index in [4.69, 9.17) is 0 Å². The van der Waals surface area contributed by atoms with Crippen molar-refractivity contribution < 1.29 is 4.79 Å². The number of hydrazine groups is 1. The van der Waals surface area contributed by atoms with E-state index in [1.54, 1.807) is 12.4 Å². The van der Waals surface area contributed by atoms with E-state index < -0.39 is 0 Å². The lowest BCUT2D eigenvalue weighted by molar-refractivity contribution is -0.122. The molecule has 3 aromatic rings. The Hall–Kier alpha value is -3.10. The highest BCUT2D eigenvalue weighted by Gasteiger charge is 2.31. The first-order chi connectivity index (χ1) is 14.8. The molecule has 2 unspecified atom stereocenters. The number of rotatable bonds is 7. The molecule has 1 saturated heterocycles. The van der Waals surface area contributed by atoms with Crippen molar-refractivity contribution in [2.45, 2.75) is 43.8 Å². The molecule has 2 atom stereocenters. The smallest absolute Gasteiger partial charge is 0.238 e. The third-order valence-electron chi connectivity index (χ3n) is 5.79. The largest absolute Gasteiger partial charge is 0.353 e. The van der Waals surface area contributed by atoms with Crippen LogP contribution in [0.4, 0.5) is 0 Å². The Bertz CT molecular complexity index is 1000. The number of hydrogen-bond donors (Lipinski definition) is 3. The zero-order chi connectivity index (χ0) is 20.3. The van der Waals surface area contributed by atoms with Gasteiger partial charge in [0.25, 0.3) is 0 Å². The maximum absolute atomic E-state index is 12.6. The van der Waals surface area contributed by atoms with Gasteiger partial charge in [-0.15, -0.1) is 0 Å². The molecule has 1 saturated carbocycles. The predicted octanol–water partition coefficient (Wildman–Crippen LogP) is 1.94. The molecule has 0 radical (unpaired) electrons. The SMILES string of the molecule is O=C(NCCn1ncc(-c2ccncc2)c1C1CC1)C1CC(c2ccncc2)NN1. The third-order valence-corrected chi connectivity index (χ3v) is 5.79. The van der Waals surface area contributed by atoms with Crippen molar-refractivity contribution in [2.75, 3.05) is 6.54 Å². The summed E-state index contributed by atoms with van der Waals surface area (Å²) >= 11 is 0. The Morgan fingerprint density at radius 2 is 1.80 bits per heavy atom. The highest BCUT2D eigenvalue weighted by Crippen LogP contribution is 2.44. The summed E-state index contributed by atoms with van der Waals surface area (Å²) in [5, 5.41) is 7.67. The van der Waals surface area contributed by atoms with E-state index in [1.165, 1.54) is 24.1 Å². The van der Waals surface area contributed by atoms with Crippen LogP contribution in [0.5, 0.6) is 0 Å². The number of nitrogens with one attached hydrogen (secondary N) is 3. The van der Waals surface area contributed by atoms with E-state index in [1.807, 2.05) is 47.5 Å². The molecule has 0 spiro atoms. The Labute approximate surface area is 175 Å². The summed E-state index contributed by atoms with van der Waals surface area (Å²) in [6.45, 7) is 1.21. The molecule has 3 N–H and O–H groups in total. The number of pyridine rings is 2. The lowest BCUT2D eigenvalue weighted by Gasteiger charge is -2.13. The first-order valence-electron chi connectivity index (χ1n) is 10.4. The van der Waals surface area contributed by atoms with Crippen LogP contribution in [-0.2, 0) is 11.3 Å². The lowest BCUT2D eigenvalue weighted by atomic mass is 10.0. The fourth-order valence-electron chi connectivity index (χ4n) is 4.07. The van der Waals surface area contributed by atoms with Crippen LogP contribution in [0.1, 0.15) is 42.5 Å². The summed E-state index contributed by atoms with van der Waals surface area (Å²) in [7, 11) is 0. The molecule has 2 fully saturated rings. The van der Waals surface area contributed by atoms with E-state index in [-0.39, 0.29) is 18.0 Å². The van der Waals surface area contributed by atoms with E-state index in [0.717, 1.165) is 11.1 Å². The van der Waals surface area contributed by atoms with Crippen LogP contribution < -0.4 is 16.2 Å². The Morgan fingerprint density at radius 1 is 1.07 bits per heavy atom. The molecular formula is C22H25N7O. The molecule has 8 nitrogen and oxygen atoms in total. The van der Waals surface area contributed by atoms with Gasteiger partial charge >= 0.3 is 0 Å². The summed E-state index contributed by atoms with van der Waals surface area (Å²) in [4.78, 5) is 20.8. The average Bonchev–Trinajstić information content (AvgIpc) is 3.35. The second kappa shape index (κ2) is 8.33. The highest BCUT2D eigenvalue weighted by atomic mass is 16.2. The normalized spacial score (nSPS) is 20.9. The first kappa shape index (κ1) is 18.9. The van der Waals surface area contributed by atoms with Crippen LogP contribution in [0.3, 0.4) is 0 Å². The quantitative estimate of drug-likeness (QED) is 0.558. The van der Waals surface area contributed by atoms with Crippen molar-refractivity contribution in [3.8, 4) is 11.1 Å². The van der Waals surface area contributed by atoms with Crippen molar-refractivity contribution in [2.24, 2.45) is 0 Å². The van der Waals surface area contributed by atoms with Gasteiger partial charge in [-0.25, -0.2) is 10.9 Å². The molecule has 1 amide bonds. The number of amides is 1. The van der Waals surface area contributed by atoms with Crippen LogP contribution in [0.2, 0.25) is 0 Å². The standard InChI is InChI=1S/C22H25N7O/c30-22(20-13-19(27-28-20)16-5-9-24-10-6-16)25-11-12-29-21(17-1-2-17)18(14-26-29)15-3-7-23-8-4-15/h3-10,14,17,19-20,27-28H,1-2,11-13H2,(H,25,30). The van der Waals surface area contributed by atoms with Gasteiger partial charge in [0.05, 0.1) is 12.7 Å². The van der Waals surface area contributed by atoms with Crippen LogP contribution >= 0.6 is 0 Å². The summed E-state index contributed by atoms with van der Waals surface area (Å²) in [5.41, 5.74) is 11.0. The van der Waals surface area contributed by atoms with Crippen LogP contribution in [0.15, 0.2) is 55.2 Å². The fraction of sp³-hybridized carbons (Fsp3) is 0.364.